The molecule has 2 aliphatic heterocycles. The number of carbonyl (C=O) groups excluding carboxylic acids is 1. The third-order valence-electron chi connectivity index (χ3n) is 4.02. The fraction of sp³-hybridized carbons (Fsp3) is 0.533. The molecule has 1 N–H and O–H groups in total. The Morgan fingerprint density at radius 1 is 1.30 bits per heavy atom. The maximum Gasteiger partial charge on any atom is 0.317 e. The molecule has 1 fully saturated rings. The molecule has 0 atom stereocenters. The van der Waals surface area contributed by atoms with Crippen molar-refractivity contribution in [3.05, 3.63) is 34.3 Å². The van der Waals surface area contributed by atoms with Crippen LogP contribution in [-0.2, 0) is 17.7 Å². The lowest BCUT2D eigenvalue weighted by molar-refractivity contribution is 0.0778. The minimum atomic E-state index is 0.0301. The van der Waals surface area contributed by atoms with Crippen molar-refractivity contribution in [2.75, 3.05) is 19.8 Å². The van der Waals surface area contributed by atoms with Crippen LogP contribution in [0.2, 0.25) is 5.02 Å². The number of hydrogen-bond donors (Lipinski definition) is 1. The van der Waals surface area contributed by atoms with E-state index in [1.54, 1.807) is 0 Å². The number of urea groups is 1. The van der Waals surface area contributed by atoms with Gasteiger partial charge in [0.1, 0.15) is 0 Å². The van der Waals surface area contributed by atoms with Gasteiger partial charge in [0.2, 0.25) is 0 Å². The maximum atomic E-state index is 12.3. The molecule has 1 aromatic rings. The first kappa shape index (κ1) is 13.7. The van der Waals surface area contributed by atoms with Gasteiger partial charge < -0.3 is 15.0 Å². The molecule has 3 rings (SSSR count). The van der Waals surface area contributed by atoms with Gasteiger partial charge in [-0.1, -0.05) is 17.7 Å². The second-order valence-electron chi connectivity index (χ2n) is 5.42. The molecular weight excluding hydrogens is 276 g/mol. The van der Waals surface area contributed by atoms with E-state index in [0.29, 0.717) is 6.54 Å². The molecule has 1 saturated heterocycles. The summed E-state index contributed by atoms with van der Waals surface area (Å²) in [5.74, 6) is 0. The molecular formula is C15H19ClN2O2. The molecule has 0 radical (unpaired) electrons. The average molecular weight is 295 g/mol. The summed E-state index contributed by atoms with van der Waals surface area (Å²) in [6.07, 6.45) is 2.71. The maximum absolute atomic E-state index is 12.3. The van der Waals surface area contributed by atoms with Crippen LogP contribution >= 0.6 is 11.6 Å². The van der Waals surface area contributed by atoms with E-state index in [2.05, 4.69) is 11.4 Å². The number of carbonyl (C=O) groups is 1. The van der Waals surface area contributed by atoms with E-state index in [0.717, 1.165) is 49.6 Å². The molecule has 20 heavy (non-hydrogen) atoms. The molecule has 0 aromatic heterocycles. The van der Waals surface area contributed by atoms with Gasteiger partial charge in [-0.05, 0) is 42.5 Å². The van der Waals surface area contributed by atoms with E-state index in [4.69, 9.17) is 16.3 Å². The molecule has 0 unspecified atom stereocenters. The molecule has 2 amide bonds. The molecule has 0 spiro atoms. The van der Waals surface area contributed by atoms with Crippen LogP contribution < -0.4 is 5.32 Å². The Bertz CT molecular complexity index is 501. The van der Waals surface area contributed by atoms with E-state index in [1.807, 2.05) is 17.0 Å². The summed E-state index contributed by atoms with van der Waals surface area (Å²) in [6, 6.07) is 6.22. The van der Waals surface area contributed by atoms with Gasteiger partial charge in [-0.25, -0.2) is 4.79 Å². The monoisotopic (exact) mass is 294 g/mol. The highest BCUT2D eigenvalue weighted by Crippen LogP contribution is 2.22. The summed E-state index contributed by atoms with van der Waals surface area (Å²) in [7, 11) is 0. The summed E-state index contributed by atoms with van der Waals surface area (Å²) in [4.78, 5) is 14.2. The molecule has 5 heteroatoms. The smallest absolute Gasteiger partial charge is 0.317 e. The molecule has 2 heterocycles. The second kappa shape index (κ2) is 6.02. The number of nitrogens with zero attached hydrogens (tertiary/aromatic N) is 1. The highest BCUT2D eigenvalue weighted by Gasteiger charge is 2.23. The molecule has 2 aliphatic rings. The Morgan fingerprint density at radius 2 is 2.10 bits per heavy atom. The first-order valence-corrected chi connectivity index (χ1v) is 7.50. The summed E-state index contributed by atoms with van der Waals surface area (Å²) in [5.41, 5.74) is 2.45. The van der Waals surface area contributed by atoms with Crippen molar-refractivity contribution < 1.29 is 9.53 Å². The quantitative estimate of drug-likeness (QED) is 0.865. The van der Waals surface area contributed by atoms with Crippen LogP contribution in [0, 0.1) is 0 Å². The number of rotatable bonds is 1. The number of ether oxygens (including phenoxy) is 1. The fourth-order valence-electron chi connectivity index (χ4n) is 2.81. The van der Waals surface area contributed by atoms with Crippen LogP contribution in [0.15, 0.2) is 18.2 Å². The van der Waals surface area contributed by atoms with Gasteiger partial charge in [-0.2, -0.15) is 0 Å². The first-order valence-electron chi connectivity index (χ1n) is 7.13. The molecule has 1 aromatic carbocycles. The van der Waals surface area contributed by atoms with Crippen molar-refractivity contribution in [3.8, 4) is 0 Å². The third kappa shape index (κ3) is 3.07. The predicted molar refractivity (Wildman–Crippen MR) is 77.9 cm³/mol. The normalized spacial score (nSPS) is 19.6. The number of halogens is 1. The lowest BCUT2D eigenvalue weighted by atomic mass is 10.00. The SMILES string of the molecule is O=C(NC1CCOCC1)N1CCc2ccc(Cl)cc2C1. The van der Waals surface area contributed by atoms with E-state index in [-0.39, 0.29) is 12.1 Å². The Balaban J connectivity index is 1.62. The van der Waals surface area contributed by atoms with Gasteiger partial charge in [0, 0.05) is 37.4 Å². The van der Waals surface area contributed by atoms with Crippen LogP contribution in [0.4, 0.5) is 4.79 Å². The van der Waals surface area contributed by atoms with Crippen LogP contribution in [0.25, 0.3) is 0 Å². The van der Waals surface area contributed by atoms with Gasteiger partial charge in [0.05, 0.1) is 0 Å². The van der Waals surface area contributed by atoms with Crippen LogP contribution in [-0.4, -0.2) is 36.7 Å². The number of fused-ring (bicyclic) bond motifs is 1. The van der Waals surface area contributed by atoms with Crippen molar-refractivity contribution in [1.29, 1.82) is 0 Å². The highest BCUT2D eigenvalue weighted by atomic mass is 35.5. The number of benzene rings is 1. The van der Waals surface area contributed by atoms with Crippen molar-refractivity contribution >= 4 is 17.6 Å². The van der Waals surface area contributed by atoms with E-state index in [1.165, 1.54) is 5.56 Å². The minimum absolute atomic E-state index is 0.0301. The third-order valence-corrected chi connectivity index (χ3v) is 4.25. The van der Waals surface area contributed by atoms with Gasteiger partial charge >= 0.3 is 6.03 Å². The Morgan fingerprint density at radius 3 is 2.90 bits per heavy atom. The number of nitrogens with one attached hydrogen (secondary N) is 1. The molecule has 0 aliphatic carbocycles. The second-order valence-corrected chi connectivity index (χ2v) is 5.86. The van der Waals surface area contributed by atoms with Gasteiger partial charge in [-0.3, -0.25) is 0 Å². The predicted octanol–water partition coefficient (Wildman–Crippen LogP) is 2.59. The Kier molecular flexibility index (Phi) is 4.13. The zero-order chi connectivity index (χ0) is 13.9. The van der Waals surface area contributed by atoms with E-state index >= 15 is 0 Å². The summed E-state index contributed by atoms with van der Waals surface area (Å²) < 4.78 is 5.31. The van der Waals surface area contributed by atoms with E-state index in [9.17, 15) is 4.79 Å². The minimum Gasteiger partial charge on any atom is -0.381 e. The van der Waals surface area contributed by atoms with Gasteiger partial charge in [0.15, 0.2) is 0 Å². The van der Waals surface area contributed by atoms with Crippen LogP contribution in [0.3, 0.4) is 0 Å². The van der Waals surface area contributed by atoms with Crippen LogP contribution in [0.1, 0.15) is 24.0 Å². The topological polar surface area (TPSA) is 41.6 Å². The molecule has 108 valence electrons. The highest BCUT2D eigenvalue weighted by molar-refractivity contribution is 6.30. The van der Waals surface area contributed by atoms with Crippen molar-refractivity contribution in [1.82, 2.24) is 10.2 Å². The zero-order valence-corrected chi connectivity index (χ0v) is 12.2. The Hall–Kier alpha value is -1.26. The molecule has 4 nitrogen and oxygen atoms in total. The first-order chi connectivity index (χ1) is 9.72. The Labute approximate surface area is 124 Å². The molecule has 0 bridgehead atoms. The summed E-state index contributed by atoms with van der Waals surface area (Å²) in [6.45, 7) is 2.89. The van der Waals surface area contributed by atoms with Crippen molar-refractivity contribution in [2.24, 2.45) is 0 Å². The molecule has 0 saturated carbocycles. The summed E-state index contributed by atoms with van der Waals surface area (Å²) >= 11 is 6.03. The van der Waals surface area contributed by atoms with Crippen molar-refractivity contribution in [3.63, 3.8) is 0 Å². The lowest BCUT2D eigenvalue weighted by Gasteiger charge is -2.32. The van der Waals surface area contributed by atoms with Crippen LogP contribution in [0.5, 0.6) is 0 Å². The van der Waals surface area contributed by atoms with Gasteiger partial charge in [-0.15, -0.1) is 0 Å². The average Bonchev–Trinajstić information content (AvgIpc) is 2.47. The number of hydrogen-bond acceptors (Lipinski definition) is 2. The number of amides is 2. The fourth-order valence-corrected chi connectivity index (χ4v) is 3.00. The standard InChI is InChI=1S/C15H19ClN2O2/c16-13-2-1-11-3-6-18(10-12(11)9-13)15(19)17-14-4-7-20-8-5-14/h1-2,9,14H,3-8,10H2,(H,17,19). The van der Waals surface area contributed by atoms with Crippen molar-refractivity contribution in [2.45, 2.75) is 31.8 Å². The van der Waals surface area contributed by atoms with Gasteiger partial charge in [0.25, 0.3) is 0 Å². The van der Waals surface area contributed by atoms with E-state index < -0.39 is 0 Å². The lowest BCUT2D eigenvalue weighted by Crippen LogP contribution is -2.48. The summed E-state index contributed by atoms with van der Waals surface area (Å²) in [5, 5.41) is 3.84. The zero-order valence-electron chi connectivity index (χ0n) is 11.4. The largest absolute Gasteiger partial charge is 0.381 e.